The lowest BCUT2D eigenvalue weighted by atomic mass is 10.0. The van der Waals surface area contributed by atoms with Gasteiger partial charge in [0.1, 0.15) is 11.5 Å². The number of aromatic amines is 1. The maximum Gasteiger partial charge on any atom is 0.268 e. The molecule has 2 aliphatic heterocycles. The Kier molecular flexibility index (Phi) is 5.91. The second-order valence-corrected chi connectivity index (χ2v) is 10.9. The molecule has 9 nitrogen and oxygen atoms in total. The third-order valence-corrected chi connectivity index (χ3v) is 7.95. The van der Waals surface area contributed by atoms with E-state index in [1.54, 1.807) is 0 Å². The molecule has 5 rings (SSSR count). The fraction of sp³-hybridized carbons (Fsp3) is 0.333. The monoisotopic (exact) mass is 479 g/mol. The summed E-state index contributed by atoms with van der Waals surface area (Å²) in [5.41, 5.74) is 2.93. The number of amides is 2. The molecule has 2 aliphatic rings. The number of imidazole rings is 1. The molecule has 0 aliphatic carbocycles. The molecule has 2 N–H and O–H groups in total. The highest BCUT2D eigenvalue weighted by molar-refractivity contribution is 7.91. The van der Waals surface area contributed by atoms with E-state index >= 15 is 0 Å². The van der Waals surface area contributed by atoms with Gasteiger partial charge in [0.2, 0.25) is 5.91 Å². The molecule has 0 bridgehead atoms. The number of hydrogen-bond donors (Lipinski definition) is 2. The molecule has 0 spiro atoms. The van der Waals surface area contributed by atoms with Crippen molar-refractivity contribution in [3.63, 3.8) is 0 Å². The zero-order valence-corrected chi connectivity index (χ0v) is 19.3. The summed E-state index contributed by atoms with van der Waals surface area (Å²) in [7, 11) is -3.18. The van der Waals surface area contributed by atoms with Gasteiger partial charge in [0.05, 0.1) is 34.6 Å². The lowest BCUT2D eigenvalue weighted by Gasteiger charge is -2.28. The van der Waals surface area contributed by atoms with Gasteiger partial charge in [0, 0.05) is 12.8 Å². The third-order valence-electron chi connectivity index (χ3n) is 6.20. The van der Waals surface area contributed by atoms with Gasteiger partial charge in [-0.1, -0.05) is 42.5 Å². The Hall–Kier alpha value is -3.53. The van der Waals surface area contributed by atoms with E-state index in [0.29, 0.717) is 18.7 Å². The highest BCUT2D eigenvalue weighted by Crippen LogP contribution is 2.24. The molecule has 2 amide bonds. The first-order chi connectivity index (χ1) is 16.4. The fourth-order valence-electron chi connectivity index (χ4n) is 4.43. The van der Waals surface area contributed by atoms with Crippen LogP contribution in [0.1, 0.15) is 36.7 Å². The minimum Gasteiger partial charge on any atom is -0.341 e. The second-order valence-electron chi connectivity index (χ2n) is 8.70. The molecule has 1 fully saturated rings. The van der Waals surface area contributed by atoms with Crippen LogP contribution in [0.4, 0.5) is 0 Å². The maximum absolute atomic E-state index is 13.2. The minimum atomic E-state index is -3.18. The highest BCUT2D eigenvalue weighted by atomic mass is 32.2. The van der Waals surface area contributed by atoms with Crippen molar-refractivity contribution in [3.8, 4) is 0 Å². The van der Waals surface area contributed by atoms with Gasteiger partial charge in [-0.2, -0.15) is 5.10 Å². The zero-order valence-electron chi connectivity index (χ0n) is 18.5. The number of carbonyl (C=O) groups excluding carboxylic acids is 2. The van der Waals surface area contributed by atoms with Gasteiger partial charge in [-0.25, -0.2) is 18.4 Å². The van der Waals surface area contributed by atoms with Crippen molar-refractivity contribution in [3.05, 3.63) is 66.0 Å². The maximum atomic E-state index is 13.2. The molecular weight excluding hydrogens is 454 g/mol. The van der Waals surface area contributed by atoms with Crippen LogP contribution in [0.25, 0.3) is 11.0 Å². The predicted molar refractivity (Wildman–Crippen MR) is 128 cm³/mol. The molecule has 1 unspecified atom stereocenters. The summed E-state index contributed by atoms with van der Waals surface area (Å²) < 4.78 is 23.8. The molecule has 10 heteroatoms. The molecule has 0 radical (unpaired) electrons. The van der Waals surface area contributed by atoms with Gasteiger partial charge in [0.15, 0.2) is 9.84 Å². The van der Waals surface area contributed by atoms with E-state index in [-0.39, 0.29) is 41.9 Å². The Balaban J connectivity index is 1.40. The lowest BCUT2D eigenvalue weighted by molar-refractivity contribution is -0.133. The van der Waals surface area contributed by atoms with Crippen molar-refractivity contribution in [2.24, 2.45) is 5.10 Å². The van der Waals surface area contributed by atoms with Crippen LogP contribution in [-0.4, -0.2) is 58.5 Å². The second kappa shape index (κ2) is 9.02. The van der Waals surface area contributed by atoms with Gasteiger partial charge in [-0.05, 0) is 30.5 Å². The highest BCUT2D eigenvalue weighted by Gasteiger charge is 2.37. The van der Waals surface area contributed by atoms with Crippen LogP contribution in [0, 0.1) is 0 Å². The zero-order chi connectivity index (χ0) is 23.7. The topological polar surface area (TPSA) is 125 Å². The summed E-state index contributed by atoms with van der Waals surface area (Å²) in [4.78, 5) is 33.6. The van der Waals surface area contributed by atoms with Crippen LogP contribution >= 0.6 is 0 Å². The van der Waals surface area contributed by atoms with Crippen molar-refractivity contribution >= 4 is 38.4 Å². The molecular formula is C24H25N5O4S. The van der Waals surface area contributed by atoms with Crippen LogP contribution in [0.2, 0.25) is 0 Å². The summed E-state index contributed by atoms with van der Waals surface area (Å²) in [6.45, 7) is 0. The average molecular weight is 480 g/mol. The Morgan fingerprint density at radius 1 is 1.12 bits per heavy atom. The first-order valence-electron chi connectivity index (χ1n) is 11.3. The molecule has 2 aromatic carbocycles. The SMILES string of the molecule is O=C(N[C@@H](Cc1ccccc1)c1nc2ccccc2[nH]1)C1=NN(C2CCS(=O)(=O)C2)C(=O)CC1. The van der Waals surface area contributed by atoms with Gasteiger partial charge in [0.25, 0.3) is 5.91 Å². The number of fused-ring (bicyclic) bond motifs is 1. The lowest BCUT2D eigenvalue weighted by Crippen LogP contribution is -2.44. The normalized spacial score (nSPS) is 20.8. The molecule has 34 heavy (non-hydrogen) atoms. The van der Waals surface area contributed by atoms with Crippen LogP contribution in [0.15, 0.2) is 59.7 Å². The Morgan fingerprint density at radius 3 is 2.62 bits per heavy atom. The van der Waals surface area contributed by atoms with E-state index in [0.717, 1.165) is 16.6 Å². The van der Waals surface area contributed by atoms with E-state index < -0.39 is 21.9 Å². The molecule has 176 valence electrons. The number of sulfone groups is 1. The van der Waals surface area contributed by atoms with Crippen molar-refractivity contribution < 1.29 is 18.0 Å². The number of nitrogens with one attached hydrogen (secondary N) is 2. The number of carbonyl (C=O) groups is 2. The van der Waals surface area contributed by atoms with Crippen LogP contribution in [-0.2, 0) is 25.8 Å². The number of para-hydroxylation sites is 2. The molecule has 3 aromatic rings. The Morgan fingerprint density at radius 2 is 1.88 bits per heavy atom. The smallest absolute Gasteiger partial charge is 0.268 e. The average Bonchev–Trinajstić information content (AvgIpc) is 3.42. The van der Waals surface area contributed by atoms with E-state index in [4.69, 9.17) is 0 Å². The standard InChI is InChI=1S/C24H25N5O4S/c30-22-11-10-20(28-29(22)17-12-13-34(32,33)15-17)24(31)27-21(14-16-6-2-1-3-7-16)23-25-18-8-4-5-9-19(18)26-23/h1-9,17,21H,10-15H2,(H,25,26)(H,27,31)/t17?,21-/m0/s1. The summed E-state index contributed by atoms with van der Waals surface area (Å²) >= 11 is 0. The van der Waals surface area contributed by atoms with E-state index in [1.807, 2.05) is 54.6 Å². The van der Waals surface area contributed by atoms with Crippen LogP contribution in [0.3, 0.4) is 0 Å². The Labute approximate surface area is 197 Å². The van der Waals surface area contributed by atoms with Gasteiger partial charge < -0.3 is 10.3 Å². The van der Waals surface area contributed by atoms with Crippen molar-refractivity contribution in [1.82, 2.24) is 20.3 Å². The fourth-order valence-corrected chi connectivity index (χ4v) is 6.13. The first-order valence-corrected chi connectivity index (χ1v) is 13.1. The molecule has 0 saturated carbocycles. The third kappa shape index (κ3) is 4.72. The Bertz CT molecular complexity index is 1330. The number of benzene rings is 2. The number of rotatable bonds is 6. The van der Waals surface area contributed by atoms with Crippen LogP contribution < -0.4 is 5.32 Å². The summed E-state index contributed by atoms with van der Waals surface area (Å²) in [6, 6.07) is 16.5. The van der Waals surface area contributed by atoms with Crippen molar-refractivity contribution in [2.75, 3.05) is 11.5 Å². The number of nitrogens with zero attached hydrogens (tertiary/aromatic N) is 3. The molecule has 2 atom stereocenters. The van der Waals surface area contributed by atoms with Crippen molar-refractivity contribution in [1.29, 1.82) is 0 Å². The number of aromatic nitrogens is 2. The minimum absolute atomic E-state index is 0.0314. The summed E-state index contributed by atoms with van der Waals surface area (Å²) in [5.74, 6) is -0.0997. The van der Waals surface area contributed by atoms with E-state index in [9.17, 15) is 18.0 Å². The predicted octanol–water partition coefficient (Wildman–Crippen LogP) is 2.13. The molecule has 1 aromatic heterocycles. The van der Waals surface area contributed by atoms with Gasteiger partial charge >= 0.3 is 0 Å². The van der Waals surface area contributed by atoms with E-state index in [2.05, 4.69) is 20.4 Å². The van der Waals surface area contributed by atoms with E-state index in [1.165, 1.54) is 5.01 Å². The van der Waals surface area contributed by atoms with Gasteiger partial charge in [-0.15, -0.1) is 0 Å². The number of hydrazone groups is 1. The number of H-pyrrole nitrogens is 1. The van der Waals surface area contributed by atoms with Crippen LogP contribution in [0.5, 0.6) is 0 Å². The van der Waals surface area contributed by atoms with Crippen molar-refractivity contribution in [2.45, 2.75) is 37.8 Å². The summed E-state index contributed by atoms with van der Waals surface area (Å²) in [5, 5.41) is 8.54. The number of hydrogen-bond acceptors (Lipinski definition) is 6. The quantitative estimate of drug-likeness (QED) is 0.560. The van der Waals surface area contributed by atoms with Gasteiger partial charge in [-0.3, -0.25) is 9.59 Å². The summed E-state index contributed by atoms with van der Waals surface area (Å²) in [6.07, 6.45) is 1.18. The first kappa shape index (κ1) is 22.3. The molecule has 3 heterocycles. The largest absolute Gasteiger partial charge is 0.341 e. The molecule has 1 saturated heterocycles.